The molecule has 0 radical (unpaired) electrons. The number of methoxy groups -OCH3 is 1. The second-order valence-electron chi connectivity index (χ2n) is 3.13. The molecule has 1 aliphatic heterocycles. The Balaban J connectivity index is 2.68. The summed E-state index contributed by atoms with van der Waals surface area (Å²) in [6.45, 7) is 0.847. The average molecular weight is 212 g/mol. The van der Waals surface area contributed by atoms with Crippen molar-refractivity contribution in [1.29, 1.82) is 0 Å². The summed E-state index contributed by atoms with van der Waals surface area (Å²) in [7, 11) is 1.51. The molecule has 1 aliphatic rings. The number of carbonyl (C=O) groups is 1. The normalized spacial score (nSPS) is 13.3. The van der Waals surface area contributed by atoms with E-state index in [9.17, 15) is 4.79 Å². The summed E-state index contributed by atoms with van der Waals surface area (Å²) in [5, 5.41) is 3.65. The van der Waals surface area contributed by atoms with Crippen LogP contribution >= 0.6 is 11.6 Å². The summed E-state index contributed by atoms with van der Waals surface area (Å²) in [4.78, 5) is 10.9. The molecule has 1 aromatic carbocycles. The molecule has 1 heterocycles. The van der Waals surface area contributed by atoms with E-state index in [4.69, 9.17) is 16.3 Å². The van der Waals surface area contributed by atoms with E-state index >= 15 is 0 Å². The quantitative estimate of drug-likeness (QED) is 0.762. The van der Waals surface area contributed by atoms with Crippen LogP contribution in [0.4, 0.5) is 5.69 Å². The molecule has 0 spiro atoms. The number of halogens is 1. The molecule has 2 rings (SSSR count). The zero-order chi connectivity index (χ0) is 10.1. The van der Waals surface area contributed by atoms with Crippen molar-refractivity contribution in [3.8, 4) is 5.75 Å². The summed E-state index contributed by atoms with van der Waals surface area (Å²) in [5.41, 5.74) is 2.46. The summed E-state index contributed by atoms with van der Waals surface area (Å²) in [6.07, 6.45) is 1.68. The minimum Gasteiger partial charge on any atom is -0.494 e. The molecule has 0 aliphatic carbocycles. The highest BCUT2D eigenvalue weighted by Gasteiger charge is 2.20. The van der Waals surface area contributed by atoms with Gasteiger partial charge in [0.1, 0.15) is 5.75 Å². The Bertz CT molecular complexity index is 386. The van der Waals surface area contributed by atoms with Gasteiger partial charge in [0.15, 0.2) is 6.29 Å². The average Bonchev–Trinajstić information content (AvgIpc) is 2.62. The molecule has 0 fully saturated rings. The Kier molecular flexibility index (Phi) is 2.33. The number of anilines is 1. The minimum absolute atomic E-state index is 0.454. The molecule has 4 heteroatoms. The molecule has 0 aromatic heterocycles. The number of aldehydes is 1. The number of fused-ring (bicyclic) bond motifs is 1. The molecule has 0 bridgehead atoms. The van der Waals surface area contributed by atoms with Crippen LogP contribution in [0.15, 0.2) is 6.07 Å². The Morgan fingerprint density at radius 2 is 2.43 bits per heavy atom. The first kappa shape index (κ1) is 9.34. The van der Waals surface area contributed by atoms with Crippen LogP contribution < -0.4 is 10.1 Å². The molecular weight excluding hydrogens is 202 g/mol. The molecule has 0 saturated heterocycles. The predicted molar refractivity (Wildman–Crippen MR) is 55.6 cm³/mol. The summed E-state index contributed by atoms with van der Waals surface area (Å²) in [6, 6.07) is 1.85. The van der Waals surface area contributed by atoms with Crippen molar-refractivity contribution in [1.82, 2.24) is 0 Å². The van der Waals surface area contributed by atoms with Gasteiger partial charge in [0.25, 0.3) is 0 Å². The Hall–Kier alpha value is -1.22. The van der Waals surface area contributed by atoms with Crippen LogP contribution in [-0.4, -0.2) is 19.9 Å². The van der Waals surface area contributed by atoms with Gasteiger partial charge in [-0.15, -0.1) is 0 Å². The van der Waals surface area contributed by atoms with Crippen molar-refractivity contribution in [3.63, 3.8) is 0 Å². The van der Waals surface area contributed by atoms with Crippen LogP contribution in [0.1, 0.15) is 15.9 Å². The van der Waals surface area contributed by atoms with Crippen molar-refractivity contribution in [2.75, 3.05) is 19.0 Å². The van der Waals surface area contributed by atoms with Gasteiger partial charge < -0.3 is 10.1 Å². The van der Waals surface area contributed by atoms with Crippen LogP contribution in [0.3, 0.4) is 0 Å². The molecule has 0 atom stereocenters. The zero-order valence-electron chi connectivity index (χ0n) is 7.76. The van der Waals surface area contributed by atoms with Crippen LogP contribution in [0, 0.1) is 0 Å². The van der Waals surface area contributed by atoms with Crippen LogP contribution in [0.25, 0.3) is 0 Å². The second kappa shape index (κ2) is 3.50. The van der Waals surface area contributed by atoms with Gasteiger partial charge in [0.2, 0.25) is 0 Å². The van der Waals surface area contributed by atoms with E-state index < -0.39 is 0 Å². The lowest BCUT2D eigenvalue weighted by atomic mass is 10.1. The van der Waals surface area contributed by atoms with Crippen molar-refractivity contribution < 1.29 is 9.53 Å². The number of carbonyl (C=O) groups excluding carboxylic acids is 1. The van der Waals surface area contributed by atoms with Gasteiger partial charge in [-0.1, -0.05) is 11.6 Å². The Morgan fingerprint density at radius 1 is 1.64 bits per heavy atom. The van der Waals surface area contributed by atoms with E-state index in [0.717, 1.165) is 30.5 Å². The maximum atomic E-state index is 10.9. The fourth-order valence-electron chi connectivity index (χ4n) is 1.75. The van der Waals surface area contributed by atoms with Gasteiger partial charge >= 0.3 is 0 Å². The minimum atomic E-state index is 0.454. The molecule has 0 unspecified atom stereocenters. The standard InChI is InChI=1S/C10H10ClNO2/c1-14-10-7(5-13)9-6(2-3-12-9)4-8(10)11/h4-5,12H,2-3H2,1H3. The number of ether oxygens (including phenoxy) is 1. The van der Waals surface area contributed by atoms with Gasteiger partial charge in [-0.05, 0) is 18.1 Å². The van der Waals surface area contributed by atoms with Gasteiger partial charge in [0.05, 0.1) is 23.4 Å². The summed E-state index contributed by atoms with van der Waals surface area (Å²) >= 11 is 5.98. The van der Waals surface area contributed by atoms with Gasteiger partial charge in [0, 0.05) is 6.54 Å². The molecule has 14 heavy (non-hydrogen) atoms. The predicted octanol–water partition coefficient (Wildman–Crippen LogP) is 2.13. The monoisotopic (exact) mass is 211 g/mol. The number of nitrogens with one attached hydrogen (secondary N) is 1. The first-order valence-electron chi connectivity index (χ1n) is 4.36. The van der Waals surface area contributed by atoms with Crippen LogP contribution in [-0.2, 0) is 6.42 Å². The van der Waals surface area contributed by atoms with Gasteiger partial charge in [-0.3, -0.25) is 4.79 Å². The van der Waals surface area contributed by atoms with Crippen LogP contribution in [0.5, 0.6) is 5.75 Å². The largest absolute Gasteiger partial charge is 0.494 e. The lowest BCUT2D eigenvalue weighted by Crippen LogP contribution is -1.98. The number of hydrogen-bond acceptors (Lipinski definition) is 3. The first-order chi connectivity index (χ1) is 6.77. The molecule has 1 N–H and O–H groups in total. The Labute approximate surface area is 87.0 Å². The highest BCUT2D eigenvalue weighted by molar-refractivity contribution is 6.33. The molecule has 3 nitrogen and oxygen atoms in total. The lowest BCUT2D eigenvalue weighted by molar-refractivity contribution is 0.112. The van der Waals surface area contributed by atoms with E-state index in [-0.39, 0.29) is 0 Å². The fraction of sp³-hybridized carbons (Fsp3) is 0.300. The van der Waals surface area contributed by atoms with Crippen molar-refractivity contribution in [2.45, 2.75) is 6.42 Å². The smallest absolute Gasteiger partial charge is 0.155 e. The van der Waals surface area contributed by atoms with Crippen molar-refractivity contribution in [3.05, 3.63) is 22.2 Å². The first-order valence-corrected chi connectivity index (χ1v) is 4.74. The topological polar surface area (TPSA) is 38.3 Å². The highest BCUT2D eigenvalue weighted by Crippen LogP contribution is 2.38. The number of benzene rings is 1. The van der Waals surface area contributed by atoms with Crippen molar-refractivity contribution in [2.24, 2.45) is 0 Å². The third-order valence-corrected chi connectivity index (χ3v) is 2.65. The highest BCUT2D eigenvalue weighted by atomic mass is 35.5. The summed E-state index contributed by atoms with van der Waals surface area (Å²) in [5.74, 6) is 0.454. The molecule has 0 saturated carbocycles. The van der Waals surface area contributed by atoms with Gasteiger partial charge in [-0.2, -0.15) is 0 Å². The maximum Gasteiger partial charge on any atom is 0.155 e. The fourth-order valence-corrected chi connectivity index (χ4v) is 2.06. The third-order valence-electron chi connectivity index (χ3n) is 2.37. The third kappa shape index (κ3) is 1.24. The molecule has 0 amide bonds. The number of rotatable bonds is 2. The SMILES string of the molecule is COc1c(Cl)cc2c(c1C=O)NCC2. The van der Waals surface area contributed by atoms with E-state index in [1.54, 1.807) is 0 Å². The molecule has 1 aromatic rings. The van der Waals surface area contributed by atoms with Gasteiger partial charge in [-0.25, -0.2) is 0 Å². The van der Waals surface area contributed by atoms with E-state index in [2.05, 4.69) is 5.32 Å². The maximum absolute atomic E-state index is 10.9. The zero-order valence-corrected chi connectivity index (χ0v) is 8.52. The summed E-state index contributed by atoms with van der Waals surface area (Å²) < 4.78 is 5.09. The Morgan fingerprint density at radius 3 is 3.07 bits per heavy atom. The lowest BCUT2D eigenvalue weighted by Gasteiger charge is -2.10. The number of hydrogen-bond donors (Lipinski definition) is 1. The van der Waals surface area contributed by atoms with E-state index in [1.165, 1.54) is 7.11 Å². The second-order valence-corrected chi connectivity index (χ2v) is 3.54. The molecular formula is C10H10ClNO2. The molecule has 74 valence electrons. The van der Waals surface area contributed by atoms with Crippen molar-refractivity contribution >= 4 is 23.6 Å². The van der Waals surface area contributed by atoms with E-state index in [0.29, 0.717) is 16.3 Å². The van der Waals surface area contributed by atoms with E-state index in [1.807, 2.05) is 6.07 Å². The van der Waals surface area contributed by atoms with Crippen LogP contribution in [0.2, 0.25) is 5.02 Å².